The zero-order valence-electron chi connectivity index (χ0n) is 20.8. The Balaban J connectivity index is 1.54. The van der Waals surface area contributed by atoms with Crippen LogP contribution >= 0.6 is 27.7 Å². The number of aromatic nitrogens is 3. The maximum atomic E-state index is 13.4. The smallest absolute Gasteiger partial charge is 0.345 e. The van der Waals surface area contributed by atoms with Crippen LogP contribution in [-0.4, -0.2) is 32.3 Å². The Bertz CT molecular complexity index is 1510. The van der Waals surface area contributed by atoms with Gasteiger partial charge in [-0.25, -0.2) is 0 Å². The van der Waals surface area contributed by atoms with Crippen molar-refractivity contribution in [1.82, 2.24) is 20.1 Å². The van der Waals surface area contributed by atoms with E-state index in [4.69, 9.17) is 0 Å². The second kappa shape index (κ2) is 12.0. The molecule has 0 spiro atoms. The fourth-order valence-electron chi connectivity index (χ4n) is 3.73. The van der Waals surface area contributed by atoms with Crippen LogP contribution in [0.15, 0.2) is 76.4 Å². The molecule has 0 aliphatic rings. The Morgan fingerprint density at radius 1 is 1.00 bits per heavy atom. The number of carbonyl (C=O) groups is 2. The second-order valence-corrected chi connectivity index (χ2v) is 10.5. The zero-order chi connectivity index (χ0) is 28.2. The lowest BCUT2D eigenvalue weighted by Crippen LogP contribution is -2.27. The number of hydrogen-bond donors (Lipinski definition) is 2. The molecule has 0 radical (unpaired) electrons. The lowest BCUT2D eigenvalue weighted by atomic mass is 10.1. The first-order valence-electron chi connectivity index (χ1n) is 11.7. The van der Waals surface area contributed by atoms with Gasteiger partial charge in [0, 0.05) is 15.8 Å². The molecule has 1 aromatic heterocycles. The van der Waals surface area contributed by atoms with Crippen molar-refractivity contribution in [2.75, 3.05) is 11.1 Å². The summed E-state index contributed by atoms with van der Waals surface area (Å²) in [6.45, 7) is 3.65. The van der Waals surface area contributed by atoms with Crippen molar-refractivity contribution in [3.8, 4) is 5.69 Å². The minimum absolute atomic E-state index is 0.0351. The molecule has 39 heavy (non-hydrogen) atoms. The maximum absolute atomic E-state index is 13.4. The average molecular weight is 618 g/mol. The van der Waals surface area contributed by atoms with E-state index in [1.807, 2.05) is 32.0 Å². The molecule has 0 bridgehead atoms. The summed E-state index contributed by atoms with van der Waals surface area (Å²) in [5.41, 5.74) is 1.81. The number of alkyl halides is 3. The number of benzene rings is 3. The molecular weight excluding hydrogens is 595 g/mol. The standard InChI is InChI=1S/C27H23BrF3N5O2S/c1-16-7-8-17(2)22(13-16)33-24(37)15-39-26-35-34-23(36(26)19-11-9-18(28)10-12-19)14-32-25(38)20-5-3-4-6-21(20)27(29,30)31/h3-13H,14-15H2,1-2H3,(H,32,38)(H,33,37). The van der Waals surface area contributed by atoms with Crippen molar-refractivity contribution >= 4 is 45.2 Å². The Labute approximate surface area is 235 Å². The first-order chi connectivity index (χ1) is 18.5. The number of hydrogen-bond acceptors (Lipinski definition) is 5. The van der Waals surface area contributed by atoms with Crippen LogP contribution in [0.3, 0.4) is 0 Å². The summed E-state index contributed by atoms with van der Waals surface area (Å²) in [6.07, 6.45) is -4.67. The molecule has 202 valence electrons. The van der Waals surface area contributed by atoms with E-state index in [0.29, 0.717) is 10.8 Å². The predicted molar refractivity (Wildman–Crippen MR) is 147 cm³/mol. The Kier molecular flexibility index (Phi) is 8.76. The number of halogens is 4. The molecule has 7 nitrogen and oxygen atoms in total. The molecule has 0 fully saturated rings. The summed E-state index contributed by atoms with van der Waals surface area (Å²) < 4.78 is 42.6. The topological polar surface area (TPSA) is 88.9 Å². The summed E-state index contributed by atoms with van der Waals surface area (Å²) in [7, 11) is 0. The summed E-state index contributed by atoms with van der Waals surface area (Å²) in [5.74, 6) is -0.812. The minimum atomic E-state index is -4.67. The number of nitrogens with one attached hydrogen (secondary N) is 2. The first kappa shape index (κ1) is 28.4. The zero-order valence-corrected chi connectivity index (χ0v) is 23.2. The molecule has 2 N–H and O–H groups in total. The minimum Gasteiger partial charge on any atom is -0.345 e. The third-order valence-corrected chi connectivity index (χ3v) is 7.13. The van der Waals surface area contributed by atoms with Crippen LogP contribution in [0.25, 0.3) is 5.69 Å². The van der Waals surface area contributed by atoms with Crippen LogP contribution in [-0.2, 0) is 17.5 Å². The van der Waals surface area contributed by atoms with Crippen molar-refractivity contribution in [3.05, 3.63) is 99.3 Å². The van der Waals surface area contributed by atoms with Gasteiger partial charge in [-0.1, -0.05) is 52.0 Å². The summed E-state index contributed by atoms with van der Waals surface area (Å²) in [5, 5.41) is 14.1. The third kappa shape index (κ3) is 7.07. The van der Waals surface area contributed by atoms with E-state index in [1.165, 1.54) is 12.1 Å². The molecule has 12 heteroatoms. The van der Waals surface area contributed by atoms with Crippen molar-refractivity contribution in [2.45, 2.75) is 31.7 Å². The van der Waals surface area contributed by atoms with Gasteiger partial charge in [0.05, 0.1) is 23.4 Å². The Morgan fingerprint density at radius 3 is 2.44 bits per heavy atom. The summed E-state index contributed by atoms with van der Waals surface area (Å²) in [4.78, 5) is 25.4. The number of carbonyl (C=O) groups excluding carboxylic acids is 2. The van der Waals surface area contributed by atoms with E-state index >= 15 is 0 Å². The van der Waals surface area contributed by atoms with E-state index in [9.17, 15) is 22.8 Å². The molecule has 4 aromatic rings. The molecule has 0 saturated heterocycles. The van der Waals surface area contributed by atoms with E-state index in [2.05, 4.69) is 36.8 Å². The van der Waals surface area contributed by atoms with Gasteiger partial charge < -0.3 is 10.6 Å². The number of rotatable bonds is 8. The fraction of sp³-hybridized carbons (Fsp3) is 0.185. The van der Waals surface area contributed by atoms with Crippen LogP contribution in [0.2, 0.25) is 0 Å². The first-order valence-corrected chi connectivity index (χ1v) is 13.5. The van der Waals surface area contributed by atoms with Gasteiger partial charge >= 0.3 is 6.18 Å². The van der Waals surface area contributed by atoms with Crippen LogP contribution in [0.4, 0.5) is 18.9 Å². The second-order valence-electron chi connectivity index (χ2n) is 8.59. The number of aryl methyl sites for hydroxylation is 2. The van der Waals surface area contributed by atoms with Gasteiger partial charge in [0.15, 0.2) is 11.0 Å². The molecular formula is C27H23BrF3N5O2S. The number of nitrogens with zero attached hydrogens (tertiary/aromatic N) is 3. The van der Waals surface area contributed by atoms with Gasteiger partial charge in [-0.3, -0.25) is 14.2 Å². The van der Waals surface area contributed by atoms with E-state index in [1.54, 1.807) is 28.8 Å². The van der Waals surface area contributed by atoms with Gasteiger partial charge in [0.1, 0.15) is 0 Å². The Hall–Kier alpha value is -3.64. The monoisotopic (exact) mass is 617 g/mol. The molecule has 0 unspecified atom stereocenters. The number of amides is 2. The average Bonchev–Trinajstić information content (AvgIpc) is 3.31. The number of anilines is 1. The van der Waals surface area contributed by atoms with E-state index in [-0.39, 0.29) is 24.0 Å². The van der Waals surface area contributed by atoms with Crippen LogP contribution in [0.5, 0.6) is 0 Å². The highest BCUT2D eigenvalue weighted by Crippen LogP contribution is 2.32. The largest absolute Gasteiger partial charge is 0.417 e. The highest BCUT2D eigenvalue weighted by molar-refractivity contribution is 9.10. The van der Waals surface area contributed by atoms with E-state index < -0.39 is 23.2 Å². The van der Waals surface area contributed by atoms with Crippen molar-refractivity contribution < 1.29 is 22.8 Å². The summed E-state index contributed by atoms with van der Waals surface area (Å²) >= 11 is 4.53. The third-order valence-electron chi connectivity index (χ3n) is 5.67. The van der Waals surface area contributed by atoms with Crippen LogP contribution in [0, 0.1) is 13.8 Å². The summed E-state index contributed by atoms with van der Waals surface area (Å²) in [6, 6.07) is 17.5. The molecule has 0 saturated carbocycles. The van der Waals surface area contributed by atoms with Crippen LogP contribution in [0.1, 0.15) is 32.9 Å². The molecule has 0 aliphatic carbocycles. The molecule has 0 atom stereocenters. The van der Waals surface area contributed by atoms with Gasteiger partial charge in [0.2, 0.25) is 5.91 Å². The Morgan fingerprint density at radius 2 is 1.72 bits per heavy atom. The maximum Gasteiger partial charge on any atom is 0.417 e. The lowest BCUT2D eigenvalue weighted by molar-refractivity contribution is -0.138. The molecule has 1 heterocycles. The van der Waals surface area contributed by atoms with Gasteiger partial charge in [-0.2, -0.15) is 13.2 Å². The highest BCUT2D eigenvalue weighted by Gasteiger charge is 2.34. The molecule has 2 amide bonds. The van der Waals surface area contributed by atoms with Crippen molar-refractivity contribution in [3.63, 3.8) is 0 Å². The van der Waals surface area contributed by atoms with Crippen LogP contribution < -0.4 is 10.6 Å². The van der Waals surface area contributed by atoms with Gasteiger partial charge in [0.25, 0.3) is 5.91 Å². The van der Waals surface area contributed by atoms with Gasteiger partial charge in [-0.15, -0.1) is 10.2 Å². The molecule has 4 rings (SSSR count). The predicted octanol–water partition coefficient (Wildman–Crippen LogP) is 6.33. The van der Waals surface area contributed by atoms with Crippen molar-refractivity contribution in [2.24, 2.45) is 0 Å². The number of thioether (sulfide) groups is 1. The SMILES string of the molecule is Cc1ccc(C)c(NC(=O)CSc2nnc(CNC(=O)c3ccccc3C(F)(F)F)n2-c2ccc(Br)cc2)c1. The lowest BCUT2D eigenvalue weighted by Gasteiger charge is -2.14. The highest BCUT2D eigenvalue weighted by atomic mass is 79.9. The quantitative estimate of drug-likeness (QED) is 0.226. The molecule has 3 aromatic carbocycles. The van der Waals surface area contributed by atoms with Crippen molar-refractivity contribution in [1.29, 1.82) is 0 Å². The molecule has 0 aliphatic heterocycles. The van der Waals surface area contributed by atoms with E-state index in [0.717, 1.165) is 45.2 Å². The normalized spacial score (nSPS) is 11.3. The fourth-order valence-corrected chi connectivity index (χ4v) is 4.76. The van der Waals surface area contributed by atoms with Gasteiger partial charge in [-0.05, 0) is 67.4 Å².